The third kappa shape index (κ3) is 7.19. The smallest absolute Gasteiger partial charge is 0.347 e. The minimum absolute atomic E-state index is 0.0373. The van der Waals surface area contributed by atoms with Crippen LogP contribution in [-0.2, 0) is 30.8 Å². The van der Waals surface area contributed by atoms with Gasteiger partial charge < -0.3 is 5.32 Å². The Hall–Kier alpha value is -2.91. The van der Waals surface area contributed by atoms with Crippen LogP contribution in [0.15, 0.2) is 46.8 Å². The maximum Gasteiger partial charge on any atom is 0.433 e. The second-order valence-electron chi connectivity index (χ2n) is 9.31. The number of hydrogen-bond acceptors (Lipinski definition) is 6. The Morgan fingerprint density at radius 3 is 2.28 bits per heavy atom. The van der Waals surface area contributed by atoms with Crippen molar-refractivity contribution in [2.45, 2.75) is 49.5 Å². The molecule has 3 rings (SSSR count). The van der Waals surface area contributed by atoms with E-state index < -0.39 is 86.0 Å². The molecule has 1 saturated heterocycles. The third-order valence-electron chi connectivity index (χ3n) is 6.15. The summed E-state index contributed by atoms with van der Waals surface area (Å²) < 4.78 is 120. The molecule has 1 N–H and O–H groups in total. The highest BCUT2D eigenvalue weighted by atomic mass is 32.2. The van der Waals surface area contributed by atoms with Crippen molar-refractivity contribution in [2.24, 2.45) is 0 Å². The molecule has 15 heteroatoms. The van der Waals surface area contributed by atoms with E-state index in [1.165, 1.54) is 13.8 Å². The molecule has 214 valence electrons. The lowest BCUT2D eigenvalue weighted by Gasteiger charge is -2.35. The maximum absolute atomic E-state index is 15.4. The molecule has 0 saturated carbocycles. The zero-order valence-corrected chi connectivity index (χ0v) is 22.7. The second kappa shape index (κ2) is 10.9. The van der Waals surface area contributed by atoms with Crippen molar-refractivity contribution in [3.63, 3.8) is 0 Å². The summed E-state index contributed by atoms with van der Waals surface area (Å²) in [7, 11) is -7.99. The first-order valence-electron chi connectivity index (χ1n) is 11.6. The third-order valence-corrected chi connectivity index (χ3v) is 8.73. The van der Waals surface area contributed by atoms with Gasteiger partial charge in [0.1, 0.15) is 16.4 Å². The van der Waals surface area contributed by atoms with Gasteiger partial charge in [-0.2, -0.15) is 17.5 Å². The topological polar surface area (TPSA) is 114 Å². The molecule has 0 spiro atoms. The Morgan fingerprint density at radius 2 is 1.74 bits per heavy atom. The molecule has 1 aliphatic heterocycles. The molecule has 0 unspecified atom stereocenters. The van der Waals surface area contributed by atoms with E-state index >= 15 is 4.39 Å². The molecule has 1 aromatic heterocycles. The molecule has 39 heavy (non-hydrogen) atoms. The summed E-state index contributed by atoms with van der Waals surface area (Å²) in [6.07, 6.45) is -3.33. The lowest BCUT2D eigenvalue weighted by atomic mass is 9.93. The van der Waals surface area contributed by atoms with Gasteiger partial charge in [-0.15, -0.1) is 0 Å². The fraction of sp³-hybridized carbons (Fsp3) is 0.417. The molecular formula is C24H26F5N3O5S2. The quantitative estimate of drug-likeness (QED) is 0.488. The van der Waals surface area contributed by atoms with Crippen LogP contribution in [0.25, 0.3) is 11.1 Å². The minimum Gasteiger partial charge on any atom is -0.347 e. The molecule has 8 nitrogen and oxygen atoms in total. The number of aromatic nitrogens is 1. The fourth-order valence-corrected chi connectivity index (χ4v) is 6.13. The van der Waals surface area contributed by atoms with E-state index in [0.29, 0.717) is 12.3 Å². The number of nitrogens with one attached hydrogen (secondary N) is 1. The second-order valence-corrected chi connectivity index (χ2v) is 13.1. The van der Waals surface area contributed by atoms with Gasteiger partial charge in [0.2, 0.25) is 10.0 Å². The zero-order valence-electron chi connectivity index (χ0n) is 21.1. The van der Waals surface area contributed by atoms with Crippen LogP contribution in [0.1, 0.15) is 31.0 Å². The summed E-state index contributed by atoms with van der Waals surface area (Å²) in [6, 6.07) is 2.92. The van der Waals surface area contributed by atoms with E-state index in [-0.39, 0.29) is 16.7 Å². The number of carbonyl (C=O) groups is 1. The minimum atomic E-state index is -4.88. The van der Waals surface area contributed by atoms with Gasteiger partial charge in [0.15, 0.2) is 15.5 Å². The average Bonchev–Trinajstić information content (AvgIpc) is 2.81. The first kappa shape index (κ1) is 30.6. The van der Waals surface area contributed by atoms with Crippen molar-refractivity contribution >= 4 is 25.8 Å². The van der Waals surface area contributed by atoms with Crippen LogP contribution in [-0.4, -0.2) is 63.1 Å². The number of hydrogen-bond donors (Lipinski definition) is 1. The van der Waals surface area contributed by atoms with Gasteiger partial charge in [0, 0.05) is 55.4 Å². The average molecular weight is 596 g/mol. The van der Waals surface area contributed by atoms with Crippen LogP contribution in [0.4, 0.5) is 22.0 Å². The Labute approximate surface area is 222 Å². The predicted octanol–water partition coefficient (Wildman–Crippen LogP) is 3.77. The van der Waals surface area contributed by atoms with Crippen LogP contribution in [0.3, 0.4) is 0 Å². The van der Waals surface area contributed by atoms with Gasteiger partial charge >= 0.3 is 6.18 Å². The van der Waals surface area contributed by atoms with Crippen LogP contribution in [0, 0.1) is 12.7 Å². The largest absolute Gasteiger partial charge is 0.433 e. The number of piperidine rings is 1. The Morgan fingerprint density at radius 1 is 1.13 bits per heavy atom. The molecule has 0 radical (unpaired) electrons. The molecule has 2 aromatic rings. The predicted molar refractivity (Wildman–Crippen MR) is 133 cm³/mol. The molecule has 1 aliphatic rings. The van der Waals surface area contributed by atoms with Crippen molar-refractivity contribution in [3.8, 4) is 11.1 Å². The molecule has 1 aromatic carbocycles. The molecule has 0 aliphatic carbocycles. The molecule has 1 amide bonds. The van der Waals surface area contributed by atoms with Crippen molar-refractivity contribution in [1.82, 2.24) is 14.6 Å². The van der Waals surface area contributed by atoms with Gasteiger partial charge in [-0.3, -0.25) is 9.78 Å². The monoisotopic (exact) mass is 595 g/mol. The summed E-state index contributed by atoms with van der Waals surface area (Å²) in [4.78, 5) is 15.2. The number of sulfone groups is 1. The van der Waals surface area contributed by atoms with E-state index in [9.17, 15) is 39.2 Å². The summed E-state index contributed by atoms with van der Waals surface area (Å²) >= 11 is 0. The summed E-state index contributed by atoms with van der Waals surface area (Å²) in [5, 5.41) is 3.19. The number of nitrogens with zero attached hydrogens (tertiary/aromatic N) is 2. The highest BCUT2D eigenvalue weighted by molar-refractivity contribution is 7.93. The number of amides is 1. The number of halogens is 5. The lowest BCUT2D eigenvalue weighted by Crippen LogP contribution is -2.53. The first-order valence-corrected chi connectivity index (χ1v) is 14.9. The van der Waals surface area contributed by atoms with Crippen LogP contribution < -0.4 is 5.32 Å². The van der Waals surface area contributed by atoms with Crippen LogP contribution in [0.2, 0.25) is 0 Å². The SMILES string of the molecule is Cc1cc(F)ccc1-c1cc(C(F)(F)F)ncc1S(=O)(=O)N1CCC(F)(C(=O)N[C@H](C)/C=C\S(C)(=O)=O)CC1. The van der Waals surface area contributed by atoms with Gasteiger partial charge in [0.25, 0.3) is 5.91 Å². The van der Waals surface area contributed by atoms with E-state index in [1.807, 2.05) is 0 Å². The normalized spacial score (nSPS) is 17.7. The van der Waals surface area contributed by atoms with Gasteiger partial charge in [-0.25, -0.2) is 25.6 Å². The molecule has 2 heterocycles. The number of sulfonamides is 1. The fourth-order valence-electron chi connectivity index (χ4n) is 4.04. The molecular weight excluding hydrogens is 569 g/mol. The Bertz CT molecular complexity index is 1500. The van der Waals surface area contributed by atoms with Crippen molar-refractivity contribution < 1.29 is 43.6 Å². The Kier molecular flexibility index (Phi) is 8.58. The van der Waals surface area contributed by atoms with Crippen LogP contribution in [0.5, 0.6) is 0 Å². The van der Waals surface area contributed by atoms with Crippen molar-refractivity contribution in [2.75, 3.05) is 19.3 Å². The number of benzene rings is 1. The summed E-state index contributed by atoms with van der Waals surface area (Å²) in [5.41, 5.74) is -3.94. The van der Waals surface area contributed by atoms with E-state index in [0.717, 1.165) is 40.2 Å². The molecule has 0 bridgehead atoms. The van der Waals surface area contributed by atoms with Crippen LogP contribution >= 0.6 is 0 Å². The standard InChI is InChI=1S/C24H26F5N3O5S2/c1-15-12-17(25)4-5-18(15)19-13-21(24(27,28)29)30-14-20(19)39(36,37)32-9-7-23(26,8-10-32)22(33)31-16(2)6-11-38(3,34)35/h4-6,11-14,16H,7-10H2,1-3H3,(H,31,33)/b11-6-/t16-/m1/s1. The molecule has 1 fully saturated rings. The van der Waals surface area contributed by atoms with E-state index in [2.05, 4.69) is 10.3 Å². The van der Waals surface area contributed by atoms with Gasteiger partial charge in [-0.1, -0.05) is 12.1 Å². The van der Waals surface area contributed by atoms with Crippen molar-refractivity contribution in [1.29, 1.82) is 0 Å². The molecule has 1 atom stereocenters. The van der Waals surface area contributed by atoms with Crippen molar-refractivity contribution in [3.05, 3.63) is 59.0 Å². The number of carbonyl (C=O) groups excluding carboxylic acids is 1. The van der Waals surface area contributed by atoms with Gasteiger partial charge in [-0.05, 0) is 43.2 Å². The summed E-state index contributed by atoms with van der Waals surface area (Å²) in [5.74, 6) is -1.72. The highest BCUT2D eigenvalue weighted by Gasteiger charge is 2.45. The first-order chi connectivity index (χ1) is 17.8. The maximum atomic E-state index is 15.4. The zero-order chi connectivity index (χ0) is 29.4. The van der Waals surface area contributed by atoms with E-state index in [1.54, 1.807) is 0 Å². The number of alkyl halides is 4. The summed E-state index contributed by atoms with van der Waals surface area (Å²) in [6.45, 7) is 1.90. The number of pyridine rings is 1. The highest BCUT2D eigenvalue weighted by Crippen LogP contribution is 2.38. The number of rotatable bonds is 7. The van der Waals surface area contributed by atoms with Gasteiger partial charge in [0.05, 0.1) is 0 Å². The number of aryl methyl sites for hydroxylation is 1. The van der Waals surface area contributed by atoms with E-state index in [4.69, 9.17) is 0 Å². The lowest BCUT2D eigenvalue weighted by molar-refractivity contribution is -0.141. The Balaban J connectivity index is 1.89.